The molecule has 7 heteroatoms. The second kappa shape index (κ2) is 14.0. The number of ether oxygens (including phenoxy) is 1. The Morgan fingerprint density at radius 1 is 1.29 bits per heavy atom. The lowest BCUT2D eigenvalue weighted by Crippen LogP contribution is -2.37. The quantitative estimate of drug-likeness (QED) is 0.163. The van der Waals surface area contributed by atoms with Crippen LogP contribution in [-0.2, 0) is 13.1 Å². The molecule has 0 amide bonds. The Labute approximate surface area is 185 Å². The number of guanidine groups is 1. The summed E-state index contributed by atoms with van der Waals surface area (Å²) in [5.74, 6) is 2.75. The van der Waals surface area contributed by atoms with E-state index in [4.69, 9.17) is 4.74 Å². The Bertz CT molecular complexity index is 729. The summed E-state index contributed by atoms with van der Waals surface area (Å²) in [5.41, 5.74) is 1.06. The van der Waals surface area contributed by atoms with Crippen molar-refractivity contribution in [3.05, 3.63) is 60.7 Å². The van der Waals surface area contributed by atoms with Gasteiger partial charge in [0.15, 0.2) is 5.96 Å². The molecule has 2 aromatic rings. The van der Waals surface area contributed by atoms with E-state index in [0.29, 0.717) is 13.2 Å². The van der Waals surface area contributed by atoms with Gasteiger partial charge in [0.05, 0.1) is 6.54 Å². The number of unbranched alkanes of at least 4 members (excludes halogenated alkanes) is 1. The smallest absolute Gasteiger partial charge is 0.191 e. The van der Waals surface area contributed by atoms with Crippen LogP contribution in [0.1, 0.15) is 31.2 Å². The summed E-state index contributed by atoms with van der Waals surface area (Å²) in [7, 11) is 0. The van der Waals surface area contributed by atoms with Crippen LogP contribution in [0.15, 0.2) is 54.3 Å². The topological polar surface area (TPSA) is 63.5 Å². The van der Waals surface area contributed by atoms with E-state index in [1.165, 1.54) is 0 Å². The number of imidazole rings is 1. The molecule has 1 aromatic carbocycles. The number of aromatic nitrogens is 2. The van der Waals surface area contributed by atoms with Crippen molar-refractivity contribution in [1.29, 1.82) is 0 Å². The van der Waals surface area contributed by atoms with Gasteiger partial charge in [-0.1, -0.05) is 30.9 Å². The lowest BCUT2D eigenvalue weighted by Gasteiger charge is -2.13. The molecule has 2 rings (SSSR count). The third-order valence-corrected chi connectivity index (χ3v) is 4.12. The molecule has 1 heterocycles. The van der Waals surface area contributed by atoms with Gasteiger partial charge in [0.1, 0.15) is 18.2 Å². The van der Waals surface area contributed by atoms with Crippen LogP contribution in [0.25, 0.3) is 0 Å². The summed E-state index contributed by atoms with van der Waals surface area (Å²) in [6.07, 6.45) is 7.79. The minimum absolute atomic E-state index is 0. The van der Waals surface area contributed by atoms with Crippen LogP contribution in [0.3, 0.4) is 0 Å². The van der Waals surface area contributed by atoms with Crippen molar-refractivity contribution in [3.63, 3.8) is 0 Å². The van der Waals surface area contributed by atoms with Crippen molar-refractivity contribution < 1.29 is 4.74 Å². The molecular weight excluding hydrogens is 465 g/mol. The highest BCUT2D eigenvalue weighted by atomic mass is 127. The van der Waals surface area contributed by atoms with Crippen molar-refractivity contribution in [1.82, 2.24) is 20.2 Å². The van der Waals surface area contributed by atoms with Crippen LogP contribution in [0.5, 0.6) is 5.75 Å². The number of halogens is 1. The van der Waals surface area contributed by atoms with Crippen molar-refractivity contribution in [2.24, 2.45) is 4.99 Å². The Hall–Kier alpha value is -2.03. The third-order valence-electron chi connectivity index (χ3n) is 4.12. The maximum absolute atomic E-state index is 5.70. The van der Waals surface area contributed by atoms with E-state index in [-0.39, 0.29) is 24.0 Å². The normalized spacial score (nSPS) is 10.9. The number of hydrogen-bond donors (Lipinski definition) is 2. The van der Waals surface area contributed by atoms with E-state index in [1.54, 1.807) is 6.08 Å². The molecule has 154 valence electrons. The molecule has 1 aromatic heterocycles. The van der Waals surface area contributed by atoms with Gasteiger partial charge in [-0.05, 0) is 32.8 Å². The van der Waals surface area contributed by atoms with Gasteiger partial charge in [-0.3, -0.25) is 0 Å². The molecule has 0 aliphatic heterocycles. The van der Waals surface area contributed by atoms with E-state index in [9.17, 15) is 0 Å². The van der Waals surface area contributed by atoms with Crippen LogP contribution >= 0.6 is 24.0 Å². The maximum atomic E-state index is 5.70. The van der Waals surface area contributed by atoms with Gasteiger partial charge >= 0.3 is 0 Å². The molecule has 28 heavy (non-hydrogen) atoms. The minimum Gasteiger partial charge on any atom is -0.489 e. The molecule has 6 nitrogen and oxygen atoms in total. The zero-order chi connectivity index (χ0) is 19.3. The largest absolute Gasteiger partial charge is 0.489 e. The summed E-state index contributed by atoms with van der Waals surface area (Å²) in [4.78, 5) is 8.94. The minimum atomic E-state index is 0. The maximum Gasteiger partial charge on any atom is 0.191 e. The van der Waals surface area contributed by atoms with Crippen molar-refractivity contribution >= 4 is 29.9 Å². The summed E-state index contributed by atoms with van der Waals surface area (Å²) in [5, 5.41) is 6.70. The van der Waals surface area contributed by atoms with Crippen molar-refractivity contribution in [3.8, 4) is 5.75 Å². The molecule has 0 radical (unpaired) electrons. The number of aliphatic imine (C=N–C) groups is 1. The zero-order valence-electron chi connectivity index (χ0n) is 16.9. The number of hydrogen-bond acceptors (Lipinski definition) is 3. The third kappa shape index (κ3) is 8.33. The first-order valence-electron chi connectivity index (χ1n) is 9.56. The number of benzene rings is 1. The SMILES string of the molecule is C=CCOc1ccccc1CN=C(NCC)NCCCCn1ccnc1C.I. The van der Waals surface area contributed by atoms with Gasteiger partial charge in [-0.25, -0.2) is 9.98 Å². The number of rotatable bonds is 11. The van der Waals surface area contributed by atoms with Gasteiger partial charge in [0, 0.05) is 37.6 Å². The summed E-state index contributed by atoms with van der Waals surface area (Å²) in [6, 6.07) is 7.98. The van der Waals surface area contributed by atoms with Crippen molar-refractivity contribution in [2.45, 2.75) is 39.8 Å². The average molecular weight is 497 g/mol. The predicted molar refractivity (Wildman–Crippen MR) is 127 cm³/mol. The summed E-state index contributed by atoms with van der Waals surface area (Å²) in [6.45, 7) is 11.6. The van der Waals surface area contributed by atoms with E-state index >= 15 is 0 Å². The van der Waals surface area contributed by atoms with Gasteiger partial charge in [0.25, 0.3) is 0 Å². The van der Waals surface area contributed by atoms with Gasteiger partial charge in [-0.15, -0.1) is 24.0 Å². The Morgan fingerprint density at radius 2 is 2.11 bits per heavy atom. The van der Waals surface area contributed by atoms with Crippen LogP contribution in [-0.4, -0.2) is 35.2 Å². The molecule has 2 N–H and O–H groups in total. The lowest BCUT2D eigenvalue weighted by molar-refractivity contribution is 0.359. The molecule has 0 saturated heterocycles. The molecular formula is C21H32IN5O. The first kappa shape index (κ1) is 24.0. The molecule has 0 fully saturated rings. The number of aryl methyl sites for hydroxylation is 2. The first-order valence-corrected chi connectivity index (χ1v) is 9.56. The molecule has 0 spiro atoms. The Kier molecular flexibility index (Phi) is 12.0. The fraction of sp³-hybridized carbons (Fsp3) is 0.429. The number of nitrogens with one attached hydrogen (secondary N) is 2. The van der Waals surface area contributed by atoms with Crippen LogP contribution in [0, 0.1) is 6.92 Å². The van der Waals surface area contributed by atoms with E-state index < -0.39 is 0 Å². The van der Waals surface area contributed by atoms with Gasteiger partial charge in [-0.2, -0.15) is 0 Å². The molecule has 0 unspecified atom stereocenters. The molecule has 0 aliphatic carbocycles. The van der Waals surface area contributed by atoms with Gasteiger partial charge < -0.3 is 19.9 Å². The summed E-state index contributed by atoms with van der Waals surface area (Å²) >= 11 is 0. The van der Waals surface area contributed by atoms with Crippen LogP contribution < -0.4 is 15.4 Å². The Morgan fingerprint density at radius 3 is 2.82 bits per heavy atom. The molecule has 0 aliphatic rings. The second-order valence-corrected chi connectivity index (χ2v) is 6.20. The highest BCUT2D eigenvalue weighted by molar-refractivity contribution is 14.0. The second-order valence-electron chi connectivity index (χ2n) is 6.20. The predicted octanol–water partition coefficient (Wildman–Crippen LogP) is 3.91. The van der Waals surface area contributed by atoms with Gasteiger partial charge in [0.2, 0.25) is 0 Å². The molecule has 0 bridgehead atoms. The van der Waals surface area contributed by atoms with E-state index in [2.05, 4.69) is 38.7 Å². The van der Waals surface area contributed by atoms with E-state index in [0.717, 1.165) is 55.6 Å². The Balaban J connectivity index is 0.00000392. The fourth-order valence-corrected chi connectivity index (χ4v) is 2.68. The standard InChI is InChI=1S/C21H31N5O.HI/c1-4-16-27-20-11-7-6-10-19(20)17-25-21(22-5-2)24-12-8-9-14-26-15-13-23-18(26)3;/h4,6-7,10-11,13,15H,1,5,8-9,12,14,16-17H2,2-3H3,(H2,22,24,25);1H. The molecule has 0 atom stereocenters. The van der Waals surface area contributed by atoms with Crippen LogP contribution in [0.4, 0.5) is 0 Å². The fourth-order valence-electron chi connectivity index (χ4n) is 2.68. The monoisotopic (exact) mass is 497 g/mol. The highest BCUT2D eigenvalue weighted by Crippen LogP contribution is 2.18. The average Bonchev–Trinajstić information content (AvgIpc) is 3.09. The highest BCUT2D eigenvalue weighted by Gasteiger charge is 2.03. The number of nitrogens with zero attached hydrogens (tertiary/aromatic N) is 3. The van der Waals surface area contributed by atoms with Crippen LogP contribution in [0.2, 0.25) is 0 Å². The van der Waals surface area contributed by atoms with E-state index in [1.807, 2.05) is 43.6 Å². The molecule has 0 saturated carbocycles. The van der Waals surface area contributed by atoms with Crippen molar-refractivity contribution in [2.75, 3.05) is 19.7 Å². The zero-order valence-corrected chi connectivity index (χ0v) is 19.2. The lowest BCUT2D eigenvalue weighted by atomic mass is 10.2. The number of para-hydroxylation sites is 1. The first-order chi connectivity index (χ1) is 13.2. The summed E-state index contributed by atoms with van der Waals surface area (Å²) < 4.78 is 7.88.